The van der Waals surface area contributed by atoms with E-state index in [0.29, 0.717) is 5.92 Å². The van der Waals surface area contributed by atoms with Crippen LogP contribution in [0.15, 0.2) is 35.3 Å². The zero-order chi connectivity index (χ0) is 10.8. The van der Waals surface area contributed by atoms with Crippen LogP contribution in [0.3, 0.4) is 0 Å². The number of ether oxygens (including phenoxy) is 2. The predicted molar refractivity (Wildman–Crippen MR) is 63.6 cm³/mol. The molecule has 0 aliphatic heterocycles. The third kappa shape index (κ3) is 1.72. The summed E-state index contributed by atoms with van der Waals surface area (Å²) in [5.74, 6) is 2.07. The molecule has 0 N–H and O–H groups in total. The molecule has 1 atom stereocenters. The Kier molecular flexibility index (Phi) is 2.91. The van der Waals surface area contributed by atoms with E-state index in [1.165, 1.54) is 5.57 Å². The van der Waals surface area contributed by atoms with Crippen molar-refractivity contribution >= 4 is 17.1 Å². The van der Waals surface area contributed by atoms with E-state index in [1.807, 2.05) is 0 Å². The van der Waals surface area contributed by atoms with Crippen LogP contribution in [0.5, 0.6) is 0 Å². The first-order valence-corrected chi connectivity index (χ1v) is 5.41. The molecule has 0 amide bonds. The topological polar surface area (TPSA) is 18.5 Å². The molecular weight excluding hydrogens is 208 g/mol. The summed E-state index contributed by atoms with van der Waals surface area (Å²) in [4.78, 5) is 0.801. The molecule has 2 aliphatic rings. The zero-order valence-corrected chi connectivity index (χ0v) is 9.76. The third-order valence-electron chi connectivity index (χ3n) is 2.88. The highest BCUT2D eigenvalue weighted by Crippen LogP contribution is 2.36. The van der Waals surface area contributed by atoms with E-state index in [0.717, 1.165) is 29.2 Å². The lowest BCUT2D eigenvalue weighted by Crippen LogP contribution is -2.24. The summed E-state index contributed by atoms with van der Waals surface area (Å²) in [6.45, 7) is 0. The number of allylic oxidation sites excluding steroid dienone is 5. The molecule has 1 unspecified atom stereocenters. The minimum absolute atomic E-state index is 0.469. The van der Waals surface area contributed by atoms with Gasteiger partial charge in [-0.3, -0.25) is 0 Å². The summed E-state index contributed by atoms with van der Waals surface area (Å²) in [6, 6.07) is 0. The smallest absolute Gasteiger partial charge is 0.174 e. The summed E-state index contributed by atoms with van der Waals surface area (Å²) >= 11 is 5.40. The van der Waals surface area contributed by atoms with E-state index in [1.54, 1.807) is 14.2 Å². The van der Waals surface area contributed by atoms with Crippen LogP contribution in [-0.2, 0) is 9.47 Å². The maximum absolute atomic E-state index is 5.40. The summed E-state index contributed by atoms with van der Waals surface area (Å²) in [5, 5.41) is 0. The van der Waals surface area contributed by atoms with Crippen LogP contribution < -0.4 is 0 Å². The van der Waals surface area contributed by atoms with Crippen molar-refractivity contribution < 1.29 is 9.47 Å². The molecule has 15 heavy (non-hydrogen) atoms. The monoisotopic (exact) mass is 222 g/mol. The molecular formula is C12H14O2S. The van der Waals surface area contributed by atoms with Gasteiger partial charge in [-0.15, -0.1) is 0 Å². The first kappa shape index (κ1) is 10.4. The fourth-order valence-corrected chi connectivity index (χ4v) is 2.52. The molecule has 0 saturated heterocycles. The summed E-state index contributed by atoms with van der Waals surface area (Å²) < 4.78 is 10.6. The number of rotatable bonds is 2. The SMILES string of the molecule is COC1=C(OC)C(=S)C2=CC=CCC2C1. The Hall–Kier alpha value is -1.09. The van der Waals surface area contributed by atoms with Crippen molar-refractivity contribution in [1.82, 2.24) is 0 Å². The van der Waals surface area contributed by atoms with E-state index < -0.39 is 0 Å². The number of methoxy groups -OCH3 is 2. The van der Waals surface area contributed by atoms with Gasteiger partial charge in [0.1, 0.15) is 5.76 Å². The molecule has 3 heteroatoms. The van der Waals surface area contributed by atoms with Gasteiger partial charge in [0.25, 0.3) is 0 Å². The van der Waals surface area contributed by atoms with Crippen LogP contribution in [0.2, 0.25) is 0 Å². The summed E-state index contributed by atoms with van der Waals surface area (Å²) in [7, 11) is 3.31. The van der Waals surface area contributed by atoms with Gasteiger partial charge in [0.05, 0.1) is 19.1 Å². The van der Waals surface area contributed by atoms with E-state index in [2.05, 4.69) is 18.2 Å². The summed E-state index contributed by atoms with van der Waals surface area (Å²) in [6.07, 6.45) is 8.23. The van der Waals surface area contributed by atoms with Crippen LogP contribution >= 0.6 is 12.2 Å². The highest BCUT2D eigenvalue weighted by Gasteiger charge is 2.31. The Labute approximate surface area is 95.3 Å². The van der Waals surface area contributed by atoms with Crippen LogP contribution in [0.25, 0.3) is 0 Å². The number of hydrogen-bond donors (Lipinski definition) is 0. The third-order valence-corrected chi connectivity index (χ3v) is 3.30. The minimum atomic E-state index is 0.469. The number of fused-ring (bicyclic) bond motifs is 1. The number of thiocarbonyl (C=S) groups is 1. The average Bonchev–Trinajstić information content (AvgIpc) is 2.29. The Balaban J connectivity index is 2.40. The zero-order valence-electron chi connectivity index (χ0n) is 8.95. The Morgan fingerprint density at radius 2 is 2.13 bits per heavy atom. The second kappa shape index (κ2) is 4.19. The van der Waals surface area contributed by atoms with Gasteiger partial charge in [0, 0.05) is 6.42 Å². The molecule has 0 aromatic heterocycles. The molecule has 0 fully saturated rings. The van der Waals surface area contributed by atoms with E-state index >= 15 is 0 Å². The lowest BCUT2D eigenvalue weighted by molar-refractivity contribution is 0.214. The molecule has 0 heterocycles. The molecule has 0 aromatic carbocycles. The second-order valence-corrected chi connectivity index (χ2v) is 4.08. The van der Waals surface area contributed by atoms with Crippen molar-refractivity contribution in [2.75, 3.05) is 14.2 Å². The minimum Gasteiger partial charge on any atom is -0.497 e. The average molecular weight is 222 g/mol. The van der Waals surface area contributed by atoms with Crippen molar-refractivity contribution in [1.29, 1.82) is 0 Å². The van der Waals surface area contributed by atoms with Crippen molar-refractivity contribution in [2.24, 2.45) is 5.92 Å². The van der Waals surface area contributed by atoms with E-state index in [-0.39, 0.29) is 0 Å². The summed E-state index contributed by atoms with van der Waals surface area (Å²) in [5.41, 5.74) is 1.21. The van der Waals surface area contributed by atoms with Crippen molar-refractivity contribution in [3.8, 4) is 0 Å². The van der Waals surface area contributed by atoms with E-state index in [9.17, 15) is 0 Å². The molecule has 2 aliphatic carbocycles. The Bertz CT molecular complexity index is 377. The highest BCUT2D eigenvalue weighted by molar-refractivity contribution is 7.81. The normalized spacial score (nSPS) is 24.8. The molecule has 0 radical (unpaired) electrons. The quantitative estimate of drug-likeness (QED) is 0.669. The fraction of sp³-hybridized carbons (Fsp3) is 0.417. The van der Waals surface area contributed by atoms with Crippen LogP contribution in [-0.4, -0.2) is 19.1 Å². The van der Waals surface area contributed by atoms with Crippen LogP contribution in [0.4, 0.5) is 0 Å². The molecule has 0 saturated carbocycles. The van der Waals surface area contributed by atoms with Crippen LogP contribution in [0.1, 0.15) is 12.8 Å². The first-order valence-electron chi connectivity index (χ1n) is 5.00. The van der Waals surface area contributed by atoms with Gasteiger partial charge < -0.3 is 9.47 Å². The molecule has 0 bridgehead atoms. The Morgan fingerprint density at radius 1 is 1.33 bits per heavy atom. The van der Waals surface area contributed by atoms with Gasteiger partial charge in [-0.05, 0) is 17.9 Å². The second-order valence-electron chi connectivity index (χ2n) is 3.68. The first-order chi connectivity index (χ1) is 7.27. The van der Waals surface area contributed by atoms with Crippen molar-refractivity contribution in [3.63, 3.8) is 0 Å². The standard InChI is InChI=1S/C12H14O2S/c1-13-10-7-8-5-3-4-6-9(8)12(15)11(10)14-2/h3-4,6,8H,5,7H2,1-2H3. The molecule has 0 spiro atoms. The molecule has 0 aromatic rings. The van der Waals surface area contributed by atoms with Gasteiger partial charge >= 0.3 is 0 Å². The fourth-order valence-electron chi connectivity index (χ4n) is 2.09. The maximum atomic E-state index is 5.40. The predicted octanol–water partition coefficient (Wildman–Crippen LogP) is 2.77. The largest absolute Gasteiger partial charge is 0.497 e. The number of hydrogen-bond acceptors (Lipinski definition) is 3. The van der Waals surface area contributed by atoms with Crippen LogP contribution in [0, 0.1) is 5.92 Å². The Morgan fingerprint density at radius 3 is 2.80 bits per heavy atom. The lowest BCUT2D eigenvalue weighted by atomic mass is 9.81. The van der Waals surface area contributed by atoms with Crippen molar-refractivity contribution in [2.45, 2.75) is 12.8 Å². The van der Waals surface area contributed by atoms with Gasteiger partial charge in [-0.2, -0.15) is 0 Å². The van der Waals surface area contributed by atoms with Gasteiger partial charge in [0.2, 0.25) is 0 Å². The highest BCUT2D eigenvalue weighted by atomic mass is 32.1. The molecule has 2 nitrogen and oxygen atoms in total. The van der Waals surface area contributed by atoms with Crippen molar-refractivity contribution in [3.05, 3.63) is 35.3 Å². The maximum Gasteiger partial charge on any atom is 0.174 e. The van der Waals surface area contributed by atoms with Gasteiger partial charge in [0.15, 0.2) is 5.76 Å². The molecule has 2 rings (SSSR count). The van der Waals surface area contributed by atoms with Gasteiger partial charge in [-0.1, -0.05) is 30.4 Å². The van der Waals surface area contributed by atoms with E-state index in [4.69, 9.17) is 21.7 Å². The molecule has 80 valence electrons. The lowest BCUT2D eigenvalue weighted by Gasteiger charge is -2.29. The van der Waals surface area contributed by atoms with Gasteiger partial charge in [-0.25, -0.2) is 0 Å².